The molecule has 3 N–H and O–H groups in total. The number of fused-ring (bicyclic) bond motifs is 3. The van der Waals surface area contributed by atoms with E-state index < -0.39 is 12.2 Å². The molecule has 0 saturated heterocycles. The summed E-state index contributed by atoms with van der Waals surface area (Å²) in [5.41, 5.74) is 2.49. The average Bonchev–Trinajstić information content (AvgIpc) is 3.24. The predicted octanol–water partition coefficient (Wildman–Crippen LogP) is 4.20. The Morgan fingerprint density at radius 2 is 2.06 bits per heavy atom. The van der Waals surface area contributed by atoms with E-state index in [9.17, 15) is 10.2 Å². The first kappa shape index (κ1) is 23.9. The van der Waals surface area contributed by atoms with Gasteiger partial charge < -0.3 is 20.3 Å². The largest absolute Gasteiger partial charge is 0.489 e. The maximum Gasteiger partial charge on any atom is 0.126 e. The quantitative estimate of drug-likeness (QED) is 0.299. The number of rotatable bonds is 10. The Morgan fingerprint density at radius 1 is 1.26 bits per heavy atom. The third-order valence-electron chi connectivity index (χ3n) is 6.63. The van der Waals surface area contributed by atoms with Crippen molar-refractivity contribution in [1.29, 1.82) is 0 Å². The van der Waals surface area contributed by atoms with Crippen LogP contribution in [0.3, 0.4) is 0 Å². The van der Waals surface area contributed by atoms with Gasteiger partial charge in [0.2, 0.25) is 0 Å². The molecule has 3 rings (SSSR count). The molecule has 0 radical (unpaired) electrons. The van der Waals surface area contributed by atoms with Crippen LogP contribution in [0.1, 0.15) is 70.4 Å². The molecule has 1 aromatic rings. The van der Waals surface area contributed by atoms with Gasteiger partial charge in [0.25, 0.3) is 0 Å². The van der Waals surface area contributed by atoms with Crippen molar-refractivity contribution in [2.75, 3.05) is 6.54 Å². The molecular weight excluding hydrogens is 386 g/mol. The molecule has 0 spiro atoms. The van der Waals surface area contributed by atoms with E-state index in [1.54, 1.807) is 0 Å². The molecule has 1 saturated carbocycles. The molecule has 4 heteroatoms. The van der Waals surface area contributed by atoms with Gasteiger partial charge in [-0.2, -0.15) is 0 Å². The summed E-state index contributed by atoms with van der Waals surface area (Å²) < 4.78 is 6.38. The van der Waals surface area contributed by atoms with Crippen LogP contribution >= 0.6 is 0 Å². The van der Waals surface area contributed by atoms with Gasteiger partial charge in [-0.3, -0.25) is 0 Å². The van der Waals surface area contributed by atoms with Crippen LogP contribution < -0.4 is 10.1 Å². The van der Waals surface area contributed by atoms with Crippen LogP contribution in [0.5, 0.6) is 5.75 Å². The summed E-state index contributed by atoms with van der Waals surface area (Å²) in [6, 6.07) is 6.98. The average molecular weight is 426 g/mol. The molecule has 0 bridgehead atoms. The zero-order valence-corrected chi connectivity index (χ0v) is 19.5. The molecule has 0 unspecified atom stereocenters. The second kappa shape index (κ2) is 11.2. The van der Waals surface area contributed by atoms with Crippen molar-refractivity contribution in [2.45, 2.75) is 90.1 Å². The zero-order valence-electron chi connectivity index (χ0n) is 19.5. The molecule has 31 heavy (non-hydrogen) atoms. The summed E-state index contributed by atoms with van der Waals surface area (Å²) in [6.45, 7) is 9.22. The van der Waals surface area contributed by atoms with Crippen molar-refractivity contribution in [1.82, 2.24) is 5.32 Å². The van der Waals surface area contributed by atoms with Gasteiger partial charge in [0, 0.05) is 36.3 Å². The second-order valence-electron chi connectivity index (χ2n) is 9.45. The molecule has 1 aromatic carbocycles. The molecule has 0 amide bonds. The van der Waals surface area contributed by atoms with Gasteiger partial charge in [-0.05, 0) is 44.2 Å². The Morgan fingerprint density at radius 3 is 2.81 bits per heavy atom. The van der Waals surface area contributed by atoms with Crippen molar-refractivity contribution in [3.8, 4) is 17.6 Å². The molecule has 1 fully saturated rings. The minimum atomic E-state index is -0.556. The van der Waals surface area contributed by atoms with E-state index in [4.69, 9.17) is 4.74 Å². The number of aliphatic hydroxyl groups excluding tert-OH is 2. The molecule has 2 aliphatic rings. The lowest BCUT2D eigenvalue weighted by Gasteiger charge is -2.19. The number of nitrogens with one attached hydrogen (secondary N) is 1. The number of aliphatic hydroxyl groups is 2. The Kier molecular flexibility index (Phi) is 8.60. The van der Waals surface area contributed by atoms with Crippen molar-refractivity contribution in [3.63, 3.8) is 0 Å². The monoisotopic (exact) mass is 425 g/mol. The van der Waals surface area contributed by atoms with E-state index in [1.807, 2.05) is 26.0 Å². The van der Waals surface area contributed by atoms with Gasteiger partial charge >= 0.3 is 0 Å². The van der Waals surface area contributed by atoms with Gasteiger partial charge in [0.1, 0.15) is 11.9 Å². The minimum absolute atomic E-state index is 0.0175. The Hall–Kier alpha value is -1.80. The third kappa shape index (κ3) is 5.92. The zero-order chi connectivity index (χ0) is 22.4. The van der Waals surface area contributed by atoms with E-state index in [-0.39, 0.29) is 23.9 Å². The summed E-state index contributed by atoms with van der Waals surface area (Å²) in [5.74, 6) is 7.15. The number of para-hydroxylation sites is 1. The number of hydrogen-bond donors (Lipinski definition) is 3. The summed E-state index contributed by atoms with van der Waals surface area (Å²) in [7, 11) is 0. The first-order valence-electron chi connectivity index (χ1n) is 11.9. The van der Waals surface area contributed by atoms with Crippen molar-refractivity contribution in [3.05, 3.63) is 41.5 Å². The van der Waals surface area contributed by atoms with Crippen LogP contribution in [0, 0.1) is 23.7 Å². The topological polar surface area (TPSA) is 61.7 Å². The number of aryl methyl sites for hydroxylation is 1. The van der Waals surface area contributed by atoms with E-state index in [1.165, 1.54) is 11.1 Å². The SMILES string of the molecule is CC#CC[C@H](C)[C@H](O)C=C[C@@H]1[C@H]2c3cccc(CCCCNC(C)C)c3O[C@H]2C[C@H]1O. The minimum Gasteiger partial charge on any atom is -0.489 e. The maximum atomic E-state index is 10.7. The van der Waals surface area contributed by atoms with Gasteiger partial charge in [0.15, 0.2) is 0 Å². The molecule has 6 atom stereocenters. The molecule has 170 valence electrons. The highest BCUT2D eigenvalue weighted by atomic mass is 16.5. The highest BCUT2D eigenvalue weighted by Gasteiger charge is 2.48. The summed E-state index contributed by atoms with van der Waals surface area (Å²) in [4.78, 5) is 0. The fourth-order valence-electron chi connectivity index (χ4n) is 4.81. The summed E-state index contributed by atoms with van der Waals surface area (Å²) in [6.07, 6.45) is 7.48. The fourth-order valence-corrected chi connectivity index (χ4v) is 4.81. The Balaban J connectivity index is 1.67. The Labute approximate surface area is 188 Å². The number of ether oxygens (including phenoxy) is 1. The number of benzene rings is 1. The predicted molar refractivity (Wildman–Crippen MR) is 126 cm³/mol. The van der Waals surface area contributed by atoms with Crippen LogP contribution in [0.15, 0.2) is 30.4 Å². The highest BCUT2D eigenvalue weighted by Crippen LogP contribution is 2.52. The molecular formula is C27H39NO3. The van der Waals surface area contributed by atoms with Crippen molar-refractivity contribution < 1.29 is 14.9 Å². The third-order valence-corrected chi connectivity index (χ3v) is 6.63. The van der Waals surface area contributed by atoms with Gasteiger partial charge in [-0.25, -0.2) is 0 Å². The molecule has 1 aliphatic heterocycles. The number of unbranched alkanes of at least 4 members (excludes halogenated alkanes) is 1. The standard InChI is InChI=1S/C27H39NO3/c1-5-6-10-19(4)23(29)15-14-21-24(30)17-25-26(21)22-13-9-12-20(27(22)31-25)11-7-8-16-28-18(2)3/h9,12-15,18-19,21,23-26,28-30H,7-8,10-11,16-17H2,1-4H3/t19-,21-,23+,24+,25-,26-/m0/s1. The lowest BCUT2D eigenvalue weighted by atomic mass is 9.86. The maximum absolute atomic E-state index is 10.7. The van der Waals surface area contributed by atoms with Gasteiger partial charge in [-0.1, -0.05) is 51.1 Å². The first-order valence-corrected chi connectivity index (χ1v) is 11.9. The second-order valence-corrected chi connectivity index (χ2v) is 9.45. The fraction of sp³-hybridized carbons (Fsp3) is 0.630. The van der Waals surface area contributed by atoms with Crippen LogP contribution in [-0.4, -0.2) is 41.1 Å². The first-order chi connectivity index (χ1) is 14.9. The van der Waals surface area contributed by atoms with Gasteiger partial charge in [-0.15, -0.1) is 11.8 Å². The van der Waals surface area contributed by atoms with E-state index in [0.29, 0.717) is 18.9 Å². The van der Waals surface area contributed by atoms with E-state index in [0.717, 1.165) is 31.6 Å². The van der Waals surface area contributed by atoms with Crippen LogP contribution in [0.4, 0.5) is 0 Å². The molecule has 4 nitrogen and oxygen atoms in total. The summed E-state index contributed by atoms with van der Waals surface area (Å²) in [5, 5.41) is 24.6. The lowest BCUT2D eigenvalue weighted by Crippen LogP contribution is -2.23. The molecule has 1 aliphatic carbocycles. The molecule has 1 heterocycles. The van der Waals surface area contributed by atoms with Crippen LogP contribution in [0.2, 0.25) is 0 Å². The smallest absolute Gasteiger partial charge is 0.126 e. The number of hydrogen-bond acceptors (Lipinski definition) is 4. The molecule has 0 aromatic heterocycles. The van der Waals surface area contributed by atoms with Gasteiger partial charge in [0.05, 0.1) is 12.2 Å². The van der Waals surface area contributed by atoms with E-state index in [2.05, 4.69) is 49.2 Å². The normalized spacial score (nSPS) is 26.3. The lowest BCUT2D eigenvalue weighted by molar-refractivity contribution is 0.134. The van der Waals surface area contributed by atoms with Crippen molar-refractivity contribution >= 4 is 0 Å². The summed E-state index contributed by atoms with van der Waals surface area (Å²) >= 11 is 0. The van der Waals surface area contributed by atoms with E-state index >= 15 is 0 Å². The van der Waals surface area contributed by atoms with Crippen molar-refractivity contribution in [2.24, 2.45) is 11.8 Å². The highest BCUT2D eigenvalue weighted by molar-refractivity contribution is 5.49. The van der Waals surface area contributed by atoms with Crippen LogP contribution in [0.25, 0.3) is 0 Å². The Bertz CT molecular complexity index is 806. The van der Waals surface area contributed by atoms with Crippen LogP contribution in [-0.2, 0) is 6.42 Å².